The summed E-state index contributed by atoms with van der Waals surface area (Å²) in [5, 5.41) is 3.39. The summed E-state index contributed by atoms with van der Waals surface area (Å²) in [6.45, 7) is 5.54. The molecule has 0 saturated carbocycles. The van der Waals surface area contributed by atoms with Gasteiger partial charge in [0.15, 0.2) is 0 Å². The third-order valence-corrected chi connectivity index (χ3v) is 8.64. The standard InChI is InChI=1S/C30H36ClN3O4S/c1-4-23(3)32-30(36)28(5-2)33(21-20-24-12-8-6-9-13-24)29(35)22-34(26-14-10-7-11-15-26)39(37,38)27-18-16-25(31)17-19-27/h6-19,23,28H,4-5,20-22H2,1-3H3,(H,32,36)/t23-,28+/m1/s1. The number of para-hydroxylation sites is 1. The lowest BCUT2D eigenvalue weighted by atomic mass is 10.1. The summed E-state index contributed by atoms with van der Waals surface area (Å²) in [6, 6.07) is 23.2. The average molecular weight is 570 g/mol. The fourth-order valence-corrected chi connectivity index (χ4v) is 5.73. The van der Waals surface area contributed by atoms with Crippen LogP contribution in [0, 0.1) is 0 Å². The van der Waals surface area contributed by atoms with Crippen LogP contribution in [0.3, 0.4) is 0 Å². The van der Waals surface area contributed by atoms with Crippen LogP contribution >= 0.6 is 11.6 Å². The van der Waals surface area contributed by atoms with Crippen molar-refractivity contribution < 1.29 is 18.0 Å². The molecule has 0 radical (unpaired) electrons. The van der Waals surface area contributed by atoms with Gasteiger partial charge in [-0.15, -0.1) is 0 Å². The maximum Gasteiger partial charge on any atom is 0.264 e. The Bertz CT molecular complexity index is 1320. The molecular formula is C30H36ClN3O4S. The first kappa shape index (κ1) is 30.2. The van der Waals surface area contributed by atoms with Crippen molar-refractivity contribution in [3.8, 4) is 0 Å². The number of amides is 2. The van der Waals surface area contributed by atoms with Gasteiger partial charge in [-0.1, -0.05) is 74.0 Å². The van der Waals surface area contributed by atoms with E-state index in [1.807, 2.05) is 51.1 Å². The van der Waals surface area contributed by atoms with Crippen molar-refractivity contribution in [2.45, 2.75) is 57.0 Å². The third-order valence-electron chi connectivity index (χ3n) is 6.60. The van der Waals surface area contributed by atoms with Gasteiger partial charge in [-0.2, -0.15) is 0 Å². The van der Waals surface area contributed by atoms with Gasteiger partial charge in [0.25, 0.3) is 10.0 Å². The van der Waals surface area contributed by atoms with Gasteiger partial charge in [-0.3, -0.25) is 13.9 Å². The molecule has 3 aromatic carbocycles. The van der Waals surface area contributed by atoms with Crippen molar-refractivity contribution in [2.75, 3.05) is 17.4 Å². The van der Waals surface area contributed by atoms with Gasteiger partial charge in [0.2, 0.25) is 11.8 Å². The van der Waals surface area contributed by atoms with Crippen LogP contribution in [0.2, 0.25) is 5.02 Å². The highest BCUT2D eigenvalue weighted by molar-refractivity contribution is 7.92. The zero-order valence-corrected chi connectivity index (χ0v) is 24.2. The molecular weight excluding hydrogens is 534 g/mol. The molecule has 0 bridgehead atoms. The third kappa shape index (κ3) is 8.07. The predicted octanol–water partition coefficient (Wildman–Crippen LogP) is 5.30. The monoisotopic (exact) mass is 569 g/mol. The zero-order chi connectivity index (χ0) is 28.4. The number of halogens is 1. The van der Waals surface area contributed by atoms with Crippen molar-refractivity contribution in [1.29, 1.82) is 0 Å². The Morgan fingerprint density at radius 1 is 0.872 bits per heavy atom. The van der Waals surface area contributed by atoms with Crippen LogP contribution in [0.25, 0.3) is 0 Å². The smallest absolute Gasteiger partial charge is 0.264 e. The van der Waals surface area contributed by atoms with E-state index in [4.69, 9.17) is 11.6 Å². The van der Waals surface area contributed by atoms with E-state index in [-0.39, 0.29) is 23.4 Å². The Morgan fingerprint density at radius 3 is 2.03 bits per heavy atom. The Labute approximate surface area is 236 Å². The minimum absolute atomic E-state index is 0.0148. The molecule has 0 unspecified atom stereocenters. The highest BCUT2D eigenvalue weighted by atomic mass is 35.5. The van der Waals surface area contributed by atoms with Gasteiger partial charge < -0.3 is 10.2 Å². The number of nitrogens with zero attached hydrogens (tertiary/aromatic N) is 2. The molecule has 3 rings (SSSR count). The number of carbonyl (C=O) groups is 2. The first-order valence-corrected chi connectivity index (χ1v) is 15.0. The molecule has 0 aromatic heterocycles. The fourth-order valence-electron chi connectivity index (χ4n) is 4.19. The quantitative estimate of drug-likeness (QED) is 0.303. The number of nitrogens with one attached hydrogen (secondary N) is 1. The molecule has 9 heteroatoms. The van der Waals surface area contributed by atoms with Crippen molar-refractivity contribution in [3.05, 3.63) is 95.5 Å². The number of anilines is 1. The largest absolute Gasteiger partial charge is 0.352 e. The van der Waals surface area contributed by atoms with Gasteiger partial charge in [0, 0.05) is 17.6 Å². The normalized spacial score (nSPS) is 12.8. The van der Waals surface area contributed by atoms with Gasteiger partial charge >= 0.3 is 0 Å². The Morgan fingerprint density at radius 2 is 1.46 bits per heavy atom. The second kappa shape index (κ2) is 14.1. The first-order valence-electron chi connectivity index (χ1n) is 13.1. The lowest BCUT2D eigenvalue weighted by Crippen LogP contribution is -2.54. The number of rotatable bonds is 13. The number of benzene rings is 3. The van der Waals surface area contributed by atoms with Crippen LogP contribution < -0.4 is 9.62 Å². The van der Waals surface area contributed by atoms with E-state index in [9.17, 15) is 18.0 Å². The van der Waals surface area contributed by atoms with Gasteiger partial charge in [0.1, 0.15) is 12.6 Å². The van der Waals surface area contributed by atoms with E-state index >= 15 is 0 Å². The summed E-state index contributed by atoms with van der Waals surface area (Å²) < 4.78 is 28.6. The molecule has 3 aromatic rings. The molecule has 0 aliphatic heterocycles. The van der Waals surface area contributed by atoms with Crippen LogP contribution in [0.4, 0.5) is 5.69 Å². The Hall–Kier alpha value is -3.36. The highest BCUT2D eigenvalue weighted by Gasteiger charge is 2.33. The molecule has 0 spiro atoms. The van der Waals surface area contributed by atoms with E-state index < -0.39 is 28.5 Å². The molecule has 0 aliphatic rings. The lowest BCUT2D eigenvalue weighted by molar-refractivity contribution is -0.139. The van der Waals surface area contributed by atoms with Crippen molar-refractivity contribution in [1.82, 2.24) is 10.2 Å². The van der Waals surface area contributed by atoms with E-state index in [2.05, 4.69) is 5.32 Å². The Balaban J connectivity index is 1.98. The lowest BCUT2D eigenvalue weighted by Gasteiger charge is -2.33. The van der Waals surface area contributed by atoms with Gasteiger partial charge in [-0.25, -0.2) is 8.42 Å². The zero-order valence-electron chi connectivity index (χ0n) is 22.6. The number of hydrogen-bond donors (Lipinski definition) is 1. The second-order valence-electron chi connectivity index (χ2n) is 9.37. The summed E-state index contributed by atoms with van der Waals surface area (Å²) in [6.07, 6.45) is 1.66. The van der Waals surface area contributed by atoms with Gasteiger partial charge in [0.05, 0.1) is 10.6 Å². The maximum absolute atomic E-state index is 14.0. The summed E-state index contributed by atoms with van der Waals surface area (Å²) in [4.78, 5) is 28.7. The van der Waals surface area contributed by atoms with E-state index in [1.165, 1.54) is 29.2 Å². The predicted molar refractivity (Wildman–Crippen MR) is 156 cm³/mol. The highest BCUT2D eigenvalue weighted by Crippen LogP contribution is 2.25. The topological polar surface area (TPSA) is 86.8 Å². The summed E-state index contributed by atoms with van der Waals surface area (Å²) in [5.74, 6) is -0.710. The van der Waals surface area contributed by atoms with Crippen LogP contribution in [0.15, 0.2) is 89.8 Å². The summed E-state index contributed by atoms with van der Waals surface area (Å²) in [5.41, 5.74) is 1.36. The molecule has 0 saturated heterocycles. The molecule has 7 nitrogen and oxygen atoms in total. The number of hydrogen-bond acceptors (Lipinski definition) is 4. The molecule has 0 heterocycles. The van der Waals surface area contributed by atoms with E-state index in [1.54, 1.807) is 30.3 Å². The average Bonchev–Trinajstić information content (AvgIpc) is 2.94. The molecule has 208 valence electrons. The maximum atomic E-state index is 14.0. The SMILES string of the molecule is CC[C@@H](C)NC(=O)[C@H](CC)N(CCc1ccccc1)C(=O)CN(c1ccccc1)S(=O)(=O)c1ccc(Cl)cc1. The first-order chi connectivity index (χ1) is 18.7. The molecule has 2 amide bonds. The second-order valence-corrected chi connectivity index (χ2v) is 11.7. The van der Waals surface area contributed by atoms with Crippen molar-refractivity contribution in [2.24, 2.45) is 0 Å². The van der Waals surface area contributed by atoms with E-state index in [0.717, 1.165) is 16.3 Å². The Kier molecular flexibility index (Phi) is 10.9. The minimum Gasteiger partial charge on any atom is -0.352 e. The molecule has 0 aliphatic carbocycles. The fraction of sp³-hybridized carbons (Fsp3) is 0.333. The molecule has 0 fully saturated rings. The molecule has 1 N–H and O–H groups in total. The summed E-state index contributed by atoms with van der Waals surface area (Å²) in [7, 11) is -4.12. The van der Waals surface area contributed by atoms with Crippen LogP contribution in [0.1, 0.15) is 39.2 Å². The van der Waals surface area contributed by atoms with Crippen molar-refractivity contribution >= 4 is 39.1 Å². The van der Waals surface area contributed by atoms with Crippen molar-refractivity contribution in [3.63, 3.8) is 0 Å². The summed E-state index contributed by atoms with van der Waals surface area (Å²) >= 11 is 5.99. The minimum atomic E-state index is -4.12. The van der Waals surface area contributed by atoms with E-state index in [0.29, 0.717) is 23.6 Å². The van der Waals surface area contributed by atoms with Crippen LogP contribution in [-0.4, -0.2) is 50.3 Å². The van der Waals surface area contributed by atoms with Crippen LogP contribution in [-0.2, 0) is 26.0 Å². The molecule has 39 heavy (non-hydrogen) atoms. The van der Waals surface area contributed by atoms with Gasteiger partial charge in [-0.05, 0) is 68.1 Å². The number of carbonyl (C=O) groups excluding carboxylic acids is 2. The van der Waals surface area contributed by atoms with Crippen LogP contribution in [0.5, 0.6) is 0 Å². The number of sulfonamides is 1. The molecule has 2 atom stereocenters.